The highest BCUT2D eigenvalue weighted by Crippen LogP contribution is 2.44. The molecule has 2 heterocycles. The Morgan fingerprint density at radius 1 is 1.21 bits per heavy atom. The summed E-state index contributed by atoms with van der Waals surface area (Å²) < 4.78 is 36.1. The van der Waals surface area contributed by atoms with E-state index in [9.17, 15) is 5.26 Å². The van der Waals surface area contributed by atoms with Gasteiger partial charge in [0.1, 0.15) is 19.3 Å². The molecular weight excluding hydrogens is 379 g/mol. The van der Waals surface area contributed by atoms with E-state index in [0.717, 1.165) is 5.56 Å². The highest BCUT2D eigenvalue weighted by Gasteiger charge is 2.28. The number of fused-ring (bicyclic) bond motifs is 1. The van der Waals surface area contributed by atoms with Gasteiger partial charge in [0.2, 0.25) is 23.2 Å². The number of nitriles is 1. The van der Waals surface area contributed by atoms with Gasteiger partial charge in [0.05, 0.1) is 13.2 Å². The van der Waals surface area contributed by atoms with E-state index in [2.05, 4.69) is 21.5 Å². The molecule has 1 aliphatic heterocycles. The number of hydrogen-bond donors (Lipinski definition) is 1. The molecule has 0 bridgehead atoms. The average Bonchev–Trinajstić information content (AvgIpc) is 3.19. The second kappa shape index (κ2) is 7.67. The molecule has 0 spiro atoms. The quantitative estimate of drug-likeness (QED) is 0.697. The summed E-state index contributed by atoms with van der Waals surface area (Å²) in [6.07, 6.45) is 0. The summed E-state index contributed by atoms with van der Waals surface area (Å²) in [4.78, 5) is 4.17. The van der Waals surface area contributed by atoms with E-state index >= 15 is 4.39 Å². The van der Waals surface area contributed by atoms with Crippen molar-refractivity contribution in [3.05, 3.63) is 47.6 Å². The molecule has 0 saturated carbocycles. The number of nitrogens with one attached hydrogen (secondary N) is 1. The van der Waals surface area contributed by atoms with Crippen LogP contribution in [0.25, 0.3) is 11.4 Å². The van der Waals surface area contributed by atoms with E-state index in [1.165, 1.54) is 13.2 Å². The third-order valence-corrected chi connectivity index (χ3v) is 4.39. The molecule has 1 atom stereocenters. The Morgan fingerprint density at radius 3 is 2.55 bits per heavy atom. The van der Waals surface area contributed by atoms with Gasteiger partial charge >= 0.3 is 0 Å². The van der Waals surface area contributed by atoms with Crippen LogP contribution in [0.3, 0.4) is 0 Å². The summed E-state index contributed by atoms with van der Waals surface area (Å²) in [7, 11) is 1.45. The van der Waals surface area contributed by atoms with Gasteiger partial charge in [-0.05, 0) is 30.3 Å². The van der Waals surface area contributed by atoms with Crippen LogP contribution in [0.4, 0.5) is 10.1 Å². The number of benzene rings is 2. The molecule has 1 N–H and O–H groups in total. The number of halogens is 1. The molecule has 8 nitrogen and oxygen atoms in total. The molecule has 29 heavy (non-hydrogen) atoms. The van der Waals surface area contributed by atoms with Crippen LogP contribution in [0.1, 0.15) is 17.5 Å². The van der Waals surface area contributed by atoms with Crippen molar-refractivity contribution in [2.24, 2.45) is 0 Å². The Hall–Kier alpha value is -3.80. The third-order valence-electron chi connectivity index (χ3n) is 4.39. The molecule has 0 aliphatic carbocycles. The predicted octanol–water partition coefficient (Wildman–Crippen LogP) is 3.64. The van der Waals surface area contributed by atoms with Gasteiger partial charge in [-0.2, -0.15) is 10.2 Å². The minimum absolute atomic E-state index is 0.0459. The number of nitrogens with zero attached hydrogens (tertiary/aromatic N) is 3. The van der Waals surface area contributed by atoms with Crippen molar-refractivity contribution in [1.29, 1.82) is 5.26 Å². The molecule has 1 aromatic heterocycles. The molecule has 0 amide bonds. The lowest BCUT2D eigenvalue weighted by Crippen LogP contribution is -2.19. The Balaban J connectivity index is 1.62. The Bertz CT molecular complexity index is 1080. The van der Waals surface area contributed by atoms with Gasteiger partial charge in [0.25, 0.3) is 0 Å². The van der Waals surface area contributed by atoms with Crippen LogP contribution in [0.2, 0.25) is 0 Å². The first-order valence-corrected chi connectivity index (χ1v) is 8.83. The van der Waals surface area contributed by atoms with Crippen LogP contribution in [0.5, 0.6) is 17.2 Å². The maximum Gasteiger partial charge on any atom is 0.223 e. The Labute approximate surface area is 165 Å². The number of rotatable bonds is 5. The summed E-state index contributed by atoms with van der Waals surface area (Å²) in [5.74, 6) is 0.745. The average molecular weight is 396 g/mol. The fourth-order valence-corrected chi connectivity index (χ4v) is 3.01. The number of aryl methyl sites for hydroxylation is 1. The number of methoxy groups -OCH3 is 1. The summed E-state index contributed by atoms with van der Waals surface area (Å²) in [5.41, 5.74) is 1.48. The maximum atomic E-state index is 15.0. The van der Waals surface area contributed by atoms with Crippen molar-refractivity contribution in [3.8, 4) is 34.7 Å². The molecule has 1 unspecified atom stereocenters. The number of ether oxygens (including phenoxy) is 3. The topological polar surface area (TPSA) is 102 Å². The Kier molecular flexibility index (Phi) is 4.91. The molecular formula is C20H17FN4O4. The smallest absolute Gasteiger partial charge is 0.223 e. The first-order valence-electron chi connectivity index (χ1n) is 8.83. The van der Waals surface area contributed by atoms with Crippen LogP contribution in [-0.4, -0.2) is 30.5 Å². The van der Waals surface area contributed by atoms with Crippen molar-refractivity contribution in [2.75, 3.05) is 25.6 Å². The summed E-state index contributed by atoms with van der Waals surface area (Å²) in [5, 5.41) is 16.5. The van der Waals surface area contributed by atoms with Gasteiger partial charge in [0, 0.05) is 23.7 Å². The summed E-state index contributed by atoms with van der Waals surface area (Å²) >= 11 is 0. The van der Waals surface area contributed by atoms with Gasteiger partial charge in [-0.15, -0.1) is 0 Å². The van der Waals surface area contributed by atoms with E-state index in [-0.39, 0.29) is 23.7 Å². The second-order valence-corrected chi connectivity index (χ2v) is 6.26. The van der Waals surface area contributed by atoms with Crippen molar-refractivity contribution in [2.45, 2.75) is 13.0 Å². The minimum atomic E-state index is -0.974. The van der Waals surface area contributed by atoms with Crippen molar-refractivity contribution in [3.63, 3.8) is 0 Å². The van der Waals surface area contributed by atoms with Crippen LogP contribution in [-0.2, 0) is 0 Å². The zero-order chi connectivity index (χ0) is 20.4. The highest BCUT2D eigenvalue weighted by molar-refractivity contribution is 5.61. The van der Waals surface area contributed by atoms with E-state index in [1.54, 1.807) is 31.2 Å². The predicted molar refractivity (Wildman–Crippen MR) is 100 cm³/mol. The normalized spacial score (nSPS) is 13.4. The van der Waals surface area contributed by atoms with Crippen molar-refractivity contribution in [1.82, 2.24) is 10.1 Å². The Morgan fingerprint density at radius 2 is 1.93 bits per heavy atom. The van der Waals surface area contributed by atoms with Gasteiger partial charge in [-0.25, -0.2) is 4.39 Å². The zero-order valence-electron chi connectivity index (χ0n) is 15.7. The van der Waals surface area contributed by atoms with E-state index in [4.69, 9.17) is 18.7 Å². The summed E-state index contributed by atoms with van der Waals surface area (Å²) in [6.45, 7) is 2.23. The number of hydrogen-bond acceptors (Lipinski definition) is 8. The minimum Gasteiger partial charge on any atom is -0.493 e. The van der Waals surface area contributed by atoms with Crippen LogP contribution < -0.4 is 19.5 Å². The fourth-order valence-electron chi connectivity index (χ4n) is 3.01. The maximum absolute atomic E-state index is 15.0. The zero-order valence-corrected chi connectivity index (χ0v) is 15.7. The highest BCUT2D eigenvalue weighted by atomic mass is 19.1. The van der Waals surface area contributed by atoms with Gasteiger partial charge < -0.3 is 24.1 Å². The SMILES string of the molecule is COc1cc(C(C#N)Nc2ccc(-c3noc(C)n3)cc2)c(F)c2c1OCCO2. The van der Waals surface area contributed by atoms with Crippen molar-refractivity contribution >= 4 is 5.69 Å². The number of anilines is 1. The lowest BCUT2D eigenvalue weighted by molar-refractivity contribution is 0.157. The van der Waals surface area contributed by atoms with E-state index < -0.39 is 11.9 Å². The van der Waals surface area contributed by atoms with E-state index in [1.807, 2.05) is 0 Å². The lowest BCUT2D eigenvalue weighted by atomic mass is 10.0. The first-order chi connectivity index (χ1) is 14.1. The fraction of sp³-hybridized carbons (Fsp3) is 0.250. The molecule has 1 aliphatic rings. The van der Waals surface area contributed by atoms with Gasteiger partial charge in [-0.3, -0.25) is 0 Å². The van der Waals surface area contributed by atoms with Gasteiger partial charge in [-0.1, -0.05) is 5.16 Å². The number of aromatic nitrogens is 2. The molecule has 148 valence electrons. The molecule has 4 rings (SSSR count). The monoisotopic (exact) mass is 396 g/mol. The second-order valence-electron chi connectivity index (χ2n) is 6.26. The first kappa shape index (κ1) is 18.6. The third kappa shape index (κ3) is 3.52. The lowest BCUT2D eigenvalue weighted by Gasteiger charge is -2.24. The van der Waals surface area contributed by atoms with Crippen LogP contribution in [0.15, 0.2) is 34.9 Å². The molecule has 0 radical (unpaired) electrons. The molecule has 2 aromatic carbocycles. The van der Waals surface area contributed by atoms with Gasteiger partial charge in [0.15, 0.2) is 11.6 Å². The molecule has 0 saturated heterocycles. The van der Waals surface area contributed by atoms with Crippen LogP contribution >= 0.6 is 0 Å². The molecule has 0 fully saturated rings. The standard InChI is InChI=1S/C20H17FN4O4/c1-11-23-20(25-29-11)12-3-5-13(6-4-12)24-15(10-22)14-9-16(26-2)18-19(17(14)21)28-8-7-27-18/h3-6,9,15,24H,7-8H2,1-2H3. The van der Waals surface area contributed by atoms with E-state index in [0.29, 0.717) is 29.8 Å². The summed E-state index contributed by atoms with van der Waals surface area (Å²) in [6, 6.07) is 9.60. The molecule has 9 heteroatoms. The van der Waals surface area contributed by atoms with Crippen molar-refractivity contribution < 1.29 is 23.1 Å². The van der Waals surface area contributed by atoms with Crippen LogP contribution in [0, 0.1) is 24.1 Å². The largest absolute Gasteiger partial charge is 0.493 e. The molecule has 3 aromatic rings.